The summed E-state index contributed by atoms with van der Waals surface area (Å²) in [6, 6.07) is -0.819. The molecule has 1 saturated heterocycles. The standard InChI is InChI=1S/C64H123NO8/c1-3-5-7-9-11-13-15-17-19-21-23-25-27-29-31-33-35-37-39-41-43-45-47-49-51-53-58(67)57(56-72-64-63(71)62(70)61(69)59(55-66)73-64)65-60(68)54-52-50-48-46-44-42-40-38-36-34-32-30-28-26-24-22-20-18-16-14-12-10-8-6-4-2/h43,45,51,53,57-59,61-64,66-67,69-71H,3-42,44,46-50,52,54-56H2,1-2H3,(H,65,68)/b45-43+,53-51+. The summed E-state index contributed by atoms with van der Waals surface area (Å²) in [5, 5.41) is 54.6. The van der Waals surface area contributed by atoms with Gasteiger partial charge in [0.2, 0.25) is 5.91 Å². The number of aliphatic hydroxyl groups is 5. The Hall–Kier alpha value is -1.33. The number of carbonyl (C=O) groups excluding carboxylic acids is 1. The third-order valence-electron chi connectivity index (χ3n) is 15.5. The van der Waals surface area contributed by atoms with Crippen molar-refractivity contribution >= 4 is 5.91 Å². The van der Waals surface area contributed by atoms with Crippen molar-refractivity contribution in [3.63, 3.8) is 0 Å². The molecule has 0 aromatic heterocycles. The number of ether oxygens (including phenoxy) is 2. The predicted octanol–water partition coefficient (Wildman–Crippen LogP) is 16.5. The highest BCUT2D eigenvalue weighted by Crippen LogP contribution is 2.23. The Balaban J connectivity index is 2.19. The van der Waals surface area contributed by atoms with E-state index in [1.54, 1.807) is 6.08 Å². The molecule has 0 aromatic carbocycles. The van der Waals surface area contributed by atoms with Crippen LogP contribution in [0.4, 0.5) is 0 Å². The maximum absolute atomic E-state index is 13.1. The van der Waals surface area contributed by atoms with E-state index in [0.29, 0.717) is 6.42 Å². The molecule has 0 bridgehead atoms. The van der Waals surface area contributed by atoms with Crippen LogP contribution >= 0.6 is 0 Å². The van der Waals surface area contributed by atoms with Crippen LogP contribution in [0.3, 0.4) is 0 Å². The number of nitrogens with one attached hydrogen (secondary N) is 1. The van der Waals surface area contributed by atoms with E-state index in [9.17, 15) is 30.3 Å². The van der Waals surface area contributed by atoms with Gasteiger partial charge in [0.05, 0.1) is 25.4 Å². The average molecular weight is 1030 g/mol. The Morgan fingerprint density at radius 3 is 1.15 bits per heavy atom. The van der Waals surface area contributed by atoms with Gasteiger partial charge < -0.3 is 40.3 Å². The fourth-order valence-electron chi connectivity index (χ4n) is 10.5. The third-order valence-corrected chi connectivity index (χ3v) is 15.5. The van der Waals surface area contributed by atoms with Gasteiger partial charge in [0.1, 0.15) is 24.4 Å². The fourth-order valence-corrected chi connectivity index (χ4v) is 10.5. The quantitative estimate of drug-likeness (QED) is 0.0261. The molecule has 9 nitrogen and oxygen atoms in total. The summed E-state index contributed by atoms with van der Waals surface area (Å²) in [6.45, 7) is 3.82. The molecule has 7 unspecified atom stereocenters. The van der Waals surface area contributed by atoms with Crippen molar-refractivity contribution in [1.82, 2.24) is 5.32 Å². The summed E-state index contributed by atoms with van der Waals surface area (Å²) in [4.78, 5) is 13.1. The molecular weight excluding hydrogens is 911 g/mol. The Labute approximate surface area is 451 Å². The van der Waals surface area contributed by atoms with E-state index in [0.717, 1.165) is 38.5 Å². The van der Waals surface area contributed by atoms with E-state index in [1.807, 2.05) is 6.08 Å². The Kier molecular flexibility index (Phi) is 51.6. The second-order valence-electron chi connectivity index (χ2n) is 22.6. The van der Waals surface area contributed by atoms with Crippen molar-refractivity contribution in [3.05, 3.63) is 24.3 Å². The van der Waals surface area contributed by atoms with Crippen molar-refractivity contribution < 1.29 is 39.8 Å². The topological polar surface area (TPSA) is 149 Å². The minimum absolute atomic E-state index is 0.179. The van der Waals surface area contributed by atoms with Gasteiger partial charge in [0, 0.05) is 6.42 Å². The van der Waals surface area contributed by atoms with E-state index < -0.39 is 49.5 Å². The Morgan fingerprint density at radius 2 is 0.781 bits per heavy atom. The number of hydrogen-bond acceptors (Lipinski definition) is 8. The number of carbonyl (C=O) groups is 1. The molecule has 1 aliphatic rings. The van der Waals surface area contributed by atoms with Crippen LogP contribution in [0.1, 0.15) is 322 Å². The molecule has 1 heterocycles. The first kappa shape index (κ1) is 69.7. The number of rotatable bonds is 56. The summed E-state index contributed by atoms with van der Waals surface area (Å²) in [7, 11) is 0. The van der Waals surface area contributed by atoms with Crippen LogP contribution in [0, 0.1) is 0 Å². The van der Waals surface area contributed by atoms with Gasteiger partial charge in [-0.2, -0.15) is 0 Å². The van der Waals surface area contributed by atoms with Crippen LogP contribution in [0.5, 0.6) is 0 Å². The summed E-state index contributed by atoms with van der Waals surface area (Å²) in [5.74, 6) is -0.179. The molecule has 0 aromatic rings. The Bertz CT molecular complexity index is 1200. The van der Waals surface area contributed by atoms with Gasteiger partial charge in [-0.1, -0.05) is 308 Å². The van der Waals surface area contributed by atoms with E-state index in [2.05, 4.69) is 31.3 Å². The lowest BCUT2D eigenvalue weighted by atomic mass is 9.99. The highest BCUT2D eigenvalue weighted by Gasteiger charge is 2.44. The van der Waals surface area contributed by atoms with Crippen molar-refractivity contribution in [3.8, 4) is 0 Å². The van der Waals surface area contributed by atoms with Crippen LogP contribution in [0.25, 0.3) is 0 Å². The summed E-state index contributed by atoms with van der Waals surface area (Å²) >= 11 is 0. The molecule has 73 heavy (non-hydrogen) atoms. The molecule has 7 atom stereocenters. The second kappa shape index (κ2) is 54.0. The first-order valence-corrected chi connectivity index (χ1v) is 32.1. The Morgan fingerprint density at radius 1 is 0.452 bits per heavy atom. The van der Waals surface area contributed by atoms with E-state index >= 15 is 0 Å². The molecule has 0 saturated carbocycles. The highest BCUT2D eigenvalue weighted by molar-refractivity contribution is 5.76. The number of hydrogen-bond donors (Lipinski definition) is 6. The SMILES string of the molecule is CCCCCCCCCCCCCCCCCCCCC/C=C/CC/C=C/C(O)C(COC1OC(CO)C(O)C(O)C1O)NC(=O)CCCCCCCCCCCCCCCCCCCCCCCCCCC. The molecule has 1 fully saturated rings. The van der Waals surface area contributed by atoms with Gasteiger partial charge in [0.15, 0.2) is 6.29 Å². The normalized spacial score (nSPS) is 19.1. The summed E-state index contributed by atoms with van der Waals surface area (Å²) in [6.07, 6.45) is 62.7. The number of allylic oxidation sites excluding steroid dienone is 3. The molecule has 432 valence electrons. The summed E-state index contributed by atoms with van der Waals surface area (Å²) in [5.41, 5.74) is 0. The largest absolute Gasteiger partial charge is 0.394 e. The second-order valence-corrected chi connectivity index (χ2v) is 22.6. The minimum Gasteiger partial charge on any atom is -0.394 e. The van der Waals surface area contributed by atoms with Gasteiger partial charge >= 0.3 is 0 Å². The molecule has 0 aliphatic carbocycles. The smallest absolute Gasteiger partial charge is 0.220 e. The first-order valence-electron chi connectivity index (χ1n) is 32.1. The van der Waals surface area contributed by atoms with Crippen molar-refractivity contribution in [2.24, 2.45) is 0 Å². The van der Waals surface area contributed by atoms with Gasteiger partial charge in [-0.3, -0.25) is 4.79 Å². The van der Waals surface area contributed by atoms with Gasteiger partial charge in [0.25, 0.3) is 0 Å². The van der Waals surface area contributed by atoms with Crippen molar-refractivity contribution in [2.75, 3.05) is 13.2 Å². The molecule has 1 aliphatic heterocycles. The first-order chi connectivity index (χ1) is 35.8. The van der Waals surface area contributed by atoms with E-state index in [1.165, 1.54) is 263 Å². The third kappa shape index (κ3) is 43.4. The highest BCUT2D eigenvalue weighted by atomic mass is 16.7. The number of amides is 1. The van der Waals surface area contributed by atoms with Crippen LogP contribution < -0.4 is 5.32 Å². The monoisotopic (exact) mass is 1030 g/mol. The fraction of sp³-hybridized carbons (Fsp3) is 0.922. The molecular formula is C64H123NO8. The van der Waals surface area contributed by atoms with Crippen LogP contribution in [-0.4, -0.2) is 87.5 Å². The summed E-state index contributed by atoms with van der Waals surface area (Å²) < 4.78 is 11.3. The van der Waals surface area contributed by atoms with E-state index in [4.69, 9.17) is 9.47 Å². The zero-order valence-corrected chi connectivity index (χ0v) is 48.2. The van der Waals surface area contributed by atoms with Gasteiger partial charge in [-0.15, -0.1) is 0 Å². The molecule has 0 spiro atoms. The lowest BCUT2D eigenvalue weighted by molar-refractivity contribution is -0.302. The molecule has 9 heteroatoms. The predicted molar refractivity (Wildman–Crippen MR) is 309 cm³/mol. The number of unbranched alkanes of at least 4 members (excludes halogenated alkanes) is 44. The molecule has 0 radical (unpaired) electrons. The molecule has 1 amide bonds. The lowest BCUT2D eigenvalue weighted by Gasteiger charge is -2.40. The maximum Gasteiger partial charge on any atom is 0.220 e. The molecule has 6 N–H and O–H groups in total. The van der Waals surface area contributed by atoms with Crippen molar-refractivity contribution in [2.45, 2.75) is 365 Å². The lowest BCUT2D eigenvalue weighted by Crippen LogP contribution is -2.60. The van der Waals surface area contributed by atoms with E-state index in [-0.39, 0.29) is 12.5 Å². The van der Waals surface area contributed by atoms with Crippen molar-refractivity contribution in [1.29, 1.82) is 0 Å². The zero-order valence-electron chi connectivity index (χ0n) is 48.2. The number of aliphatic hydroxyl groups excluding tert-OH is 5. The van der Waals surface area contributed by atoms with Crippen LogP contribution in [-0.2, 0) is 14.3 Å². The maximum atomic E-state index is 13.1. The average Bonchev–Trinajstić information content (AvgIpc) is 3.39. The minimum atomic E-state index is -1.57. The zero-order chi connectivity index (χ0) is 52.9. The van der Waals surface area contributed by atoms with Crippen LogP contribution in [0.2, 0.25) is 0 Å². The van der Waals surface area contributed by atoms with Gasteiger partial charge in [-0.25, -0.2) is 0 Å². The van der Waals surface area contributed by atoms with Crippen LogP contribution in [0.15, 0.2) is 24.3 Å². The molecule has 1 rings (SSSR count). The van der Waals surface area contributed by atoms with Gasteiger partial charge in [-0.05, 0) is 32.1 Å².